The van der Waals surface area contributed by atoms with E-state index in [-0.39, 0.29) is 0 Å². The summed E-state index contributed by atoms with van der Waals surface area (Å²) in [5.41, 5.74) is 1.66. The van der Waals surface area contributed by atoms with Gasteiger partial charge in [0.15, 0.2) is 0 Å². The van der Waals surface area contributed by atoms with E-state index < -0.39 is 0 Å². The van der Waals surface area contributed by atoms with Crippen molar-refractivity contribution in [1.29, 1.82) is 0 Å². The second-order valence-corrected chi connectivity index (χ2v) is 3.63. The molecule has 1 saturated heterocycles. The number of nitrogens with one attached hydrogen (secondary N) is 1. The van der Waals surface area contributed by atoms with E-state index in [1.165, 1.54) is 32.4 Å². The van der Waals surface area contributed by atoms with Gasteiger partial charge in [-0.05, 0) is 38.3 Å². The minimum Gasteiger partial charge on any atom is -0.377 e. The summed E-state index contributed by atoms with van der Waals surface area (Å²) in [7, 11) is 0. The Hall–Kier alpha value is -0.340. The van der Waals surface area contributed by atoms with Crippen LogP contribution in [0.1, 0.15) is 19.3 Å². The summed E-state index contributed by atoms with van der Waals surface area (Å²) >= 11 is 0. The zero-order valence-electron chi connectivity index (χ0n) is 7.51. The van der Waals surface area contributed by atoms with Crippen LogP contribution in [0.5, 0.6) is 0 Å². The highest BCUT2D eigenvalue weighted by atomic mass is 16.5. The molecule has 2 heterocycles. The van der Waals surface area contributed by atoms with E-state index in [1.807, 2.05) is 0 Å². The molecule has 0 aromatic carbocycles. The highest BCUT2D eigenvalue weighted by Crippen LogP contribution is 2.25. The van der Waals surface area contributed by atoms with Crippen LogP contribution in [0, 0.1) is 5.92 Å². The van der Waals surface area contributed by atoms with Crippen molar-refractivity contribution in [2.24, 2.45) is 5.92 Å². The van der Waals surface area contributed by atoms with E-state index >= 15 is 0 Å². The van der Waals surface area contributed by atoms with Crippen LogP contribution in [-0.4, -0.2) is 26.3 Å². The second kappa shape index (κ2) is 4.06. The topological polar surface area (TPSA) is 21.3 Å². The van der Waals surface area contributed by atoms with E-state index in [0.29, 0.717) is 0 Å². The predicted octanol–water partition coefficient (Wildman–Crippen LogP) is 1.33. The van der Waals surface area contributed by atoms with Gasteiger partial charge in [0, 0.05) is 0 Å². The molecule has 0 atom stereocenters. The van der Waals surface area contributed by atoms with Gasteiger partial charge in [0.05, 0.1) is 13.2 Å². The van der Waals surface area contributed by atoms with E-state index in [2.05, 4.69) is 11.4 Å². The van der Waals surface area contributed by atoms with Crippen molar-refractivity contribution in [3.63, 3.8) is 0 Å². The maximum Gasteiger partial charge on any atom is 0.0650 e. The lowest BCUT2D eigenvalue weighted by atomic mass is 9.87. The number of piperidine rings is 1. The van der Waals surface area contributed by atoms with Crippen LogP contribution < -0.4 is 5.32 Å². The highest BCUT2D eigenvalue weighted by Gasteiger charge is 2.18. The molecule has 0 saturated carbocycles. The summed E-state index contributed by atoms with van der Waals surface area (Å²) in [6.07, 6.45) is 6.11. The summed E-state index contributed by atoms with van der Waals surface area (Å²) in [4.78, 5) is 0. The Balaban J connectivity index is 1.92. The van der Waals surface area contributed by atoms with Gasteiger partial charge < -0.3 is 10.1 Å². The van der Waals surface area contributed by atoms with Gasteiger partial charge in [-0.2, -0.15) is 0 Å². The molecule has 0 bridgehead atoms. The average Bonchev–Trinajstić information content (AvgIpc) is 2.21. The molecule has 12 heavy (non-hydrogen) atoms. The standard InChI is InChI=1S/C10H17NO/c1-5-11-6-2-9(1)10-3-7-12-8-4-10/h3,9,11H,1-2,4-8H2. The summed E-state index contributed by atoms with van der Waals surface area (Å²) in [5, 5.41) is 3.40. The minimum absolute atomic E-state index is 0.846. The maximum atomic E-state index is 5.30. The lowest BCUT2D eigenvalue weighted by Crippen LogP contribution is -2.29. The zero-order valence-corrected chi connectivity index (χ0v) is 7.51. The van der Waals surface area contributed by atoms with Crippen LogP contribution in [0.2, 0.25) is 0 Å². The van der Waals surface area contributed by atoms with Gasteiger partial charge in [-0.1, -0.05) is 11.6 Å². The minimum atomic E-state index is 0.846. The monoisotopic (exact) mass is 167 g/mol. The first-order valence-electron chi connectivity index (χ1n) is 4.94. The molecule has 0 aliphatic carbocycles. The lowest BCUT2D eigenvalue weighted by molar-refractivity contribution is 0.149. The molecule has 2 nitrogen and oxygen atoms in total. The van der Waals surface area contributed by atoms with Crippen molar-refractivity contribution >= 4 is 0 Å². The van der Waals surface area contributed by atoms with Crippen LogP contribution in [-0.2, 0) is 4.74 Å². The highest BCUT2D eigenvalue weighted by molar-refractivity contribution is 5.10. The number of hydrogen-bond donors (Lipinski definition) is 1. The van der Waals surface area contributed by atoms with E-state index in [9.17, 15) is 0 Å². The summed E-state index contributed by atoms with van der Waals surface area (Å²) < 4.78 is 5.30. The molecule has 0 amide bonds. The first-order chi connectivity index (χ1) is 5.97. The van der Waals surface area contributed by atoms with Gasteiger partial charge in [0.1, 0.15) is 0 Å². The molecule has 1 N–H and O–H groups in total. The first kappa shape index (κ1) is 8.27. The normalized spacial score (nSPS) is 26.8. The molecule has 2 heteroatoms. The molecule has 1 fully saturated rings. The second-order valence-electron chi connectivity index (χ2n) is 3.63. The number of ether oxygens (including phenoxy) is 1. The van der Waals surface area contributed by atoms with Gasteiger partial charge in [0.2, 0.25) is 0 Å². The van der Waals surface area contributed by atoms with Crippen LogP contribution in [0.15, 0.2) is 11.6 Å². The van der Waals surface area contributed by atoms with Gasteiger partial charge in [0.25, 0.3) is 0 Å². The summed E-state index contributed by atoms with van der Waals surface area (Å²) in [5.74, 6) is 0.857. The van der Waals surface area contributed by atoms with Crippen LogP contribution >= 0.6 is 0 Å². The third kappa shape index (κ3) is 1.87. The molecule has 0 unspecified atom stereocenters. The van der Waals surface area contributed by atoms with Crippen LogP contribution in [0.3, 0.4) is 0 Å². The molecule has 0 spiro atoms. The van der Waals surface area contributed by atoms with E-state index in [4.69, 9.17) is 4.74 Å². The van der Waals surface area contributed by atoms with Gasteiger partial charge in [-0.15, -0.1) is 0 Å². The zero-order chi connectivity index (χ0) is 8.23. The summed E-state index contributed by atoms with van der Waals surface area (Å²) in [6, 6.07) is 0. The van der Waals surface area contributed by atoms with Crippen molar-refractivity contribution in [1.82, 2.24) is 5.32 Å². The van der Waals surface area contributed by atoms with Crippen LogP contribution in [0.25, 0.3) is 0 Å². The van der Waals surface area contributed by atoms with Crippen molar-refractivity contribution < 1.29 is 4.74 Å². The van der Waals surface area contributed by atoms with Crippen molar-refractivity contribution in [3.8, 4) is 0 Å². The molecular formula is C10H17NO. The molecular weight excluding hydrogens is 150 g/mol. The van der Waals surface area contributed by atoms with E-state index in [1.54, 1.807) is 5.57 Å². The Labute approximate surface area is 74.0 Å². The lowest BCUT2D eigenvalue weighted by Gasteiger charge is -2.27. The third-order valence-corrected chi connectivity index (χ3v) is 2.86. The number of rotatable bonds is 1. The molecule has 2 rings (SSSR count). The fraction of sp³-hybridized carbons (Fsp3) is 0.800. The third-order valence-electron chi connectivity index (χ3n) is 2.86. The number of hydrogen-bond acceptors (Lipinski definition) is 2. The fourth-order valence-electron chi connectivity index (χ4n) is 2.10. The molecule has 0 radical (unpaired) electrons. The van der Waals surface area contributed by atoms with Gasteiger partial charge in [-0.25, -0.2) is 0 Å². The van der Waals surface area contributed by atoms with Gasteiger partial charge >= 0.3 is 0 Å². The maximum absolute atomic E-state index is 5.30. The van der Waals surface area contributed by atoms with Crippen molar-refractivity contribution in [2.45, 2.75) is 19.3 Å². The Morgan fingerprint density at radius 1 is 1.33 bits per heavy atom. The van der Waals surface area contributed by atoms with Gasteiger partial charge in [-0.3, -0.25) is 0 Å². The Morgan fingerprint density at radius 3 is 2.83 bits per heavy atom. The smallest absolute Gasteiger partial charge is 0.0650 e. The Bertz CT molecular complexity index is 171. The SMILES string of the molecule is C1=C(C2CCNCC2)CCOC1. The average molecular weight is 167 g/mol. The molecule has 2 aliphatic rings. The molecule has 68 valence electrons. The van der Waals surface area contributed by atoms with E-state index in [0.717, 1.165) is 19.1 Å². The quantitative estimate of drug-likeness (QED) is 0.595. The van der Waals surface area contributed by atoms with Crippen molar-refractivity contribution in [3.05, 3.63) is 11.6 Å². The van der Waals surface area contributed by atoms with Crippen LogP contribution in [0.4, 0.5) is 0 Å². The largest absolute Gasteiger partial charge is 0.377 e. The van der Waals surface area contributed by atoms with Crippen molar-refractivity contribution in [2.75, 3.05) is 26.3 Å². The first-order valence-corrected chi connectivity index (χ1v) is 4.94. The Morgan fingerprint density at radius 2 is 2.17 bits per heavy atom. The molecule has 2 aliphatic heterocycles. The molecule has 0 aromatic heterocycles. The molecule has 0 aromatic rings. The Kier molecular flexibility index (Phi) is 2.79. The summed E-state index contributed by atoms with van der Waals surface area (Å²) in [6.45, 7) is 4.18. The fourth-order valence-corrected chi connectivity index (χ4v) is 2.10. The predicted molar refractivity (Wildman–Crippen MR) is 49.1 cm³/mol.